The SMILES string of the molecule is CCOCCNCc1ncncc1C(=O)O. The van der Waals surface area contributed by atoms with E-state index in [-0.39, 0.29) is 5.56 Å². The second-order valence-electron chi connectivity index (χ2n) is 3.06. The molecule has 6 heteroatoms. The molecule has 0 saturated heterocycles. The predicted molar refractivity (Wildman–Crippen MR) is 57.2 cm³/mol. The number of hydrogen-bond donors (Lipinski definition) is 2. The predicted octanol–water partition coefficient (Wildman–Crippen LogP) is 0.301. The van der Waals surface area contributed by atoms with Crippen molar-refractivity contribution in [2.45, 2.75) is 13.5 Å². The second-order valence-corrected chi connectivity index (χ2v) is 3.06. The van der Waals surface area contributed by atoms with Crippen LogP contribution in [-0.2, 0) is 11.3 Å². The van der Waals surface area contributed by atoms with Crippen molar-refractivity contribution >= 4 is 5.97 Å². The van der Waals surface area contributed by atoms with Gasteiger partial charge in [0, 0.05) is 25.9 Å². The van der Waals surface area contributed by atoms with E-state index in [0.717, 1.165) is 0 Å². The lowest BCUT2D eigenvalue weighted by Crippen LogP contribution is -2.21. The second kappa shape index (κ2) is 6.86. The van der Waals surface area contributed by atoms with Gasteiger partial charge in [0.25, 0.3) is 0 Å². The minimum atomic E-state index is -1.01. The van der Waals surface area contributed by atoms with Gasteiger partial charge in [0.05, 0.1) is 12.3 Å². The molecular formula is C10H15N3O3. The zero-order chi connectivity index (χ0) is 11.8. The van der Waals surface area contributed by atoms with Crippen molar-refractivity contribution in [1.82, 2.24) is 15.3 Å². The lowest BCUT2D eigenvalue weighted by Gasteiger charge is -2.06. The summed E-state index contributed by atoms with van der Waals surface area (Å²) in [5.41, 5.74) is 0.616. The number of hydrogen-bond acceptors (Lipinski definition) is 5. The van der Waals surface area contributed by atoms with E-state index in [1.807, 2.05) is 6.92 Å². The number of rotatable bonds is 7. The lowest BCUT2D eigenvalue weighted by molar-refractivity contribution is 0.0694. The van der Waals surface area contributed by atoms with Gasteiger partial charge in [-0.05, 0) is 6.92 Å². The van der Waals surface area contributed by atoms with Crippen LogP contribution in [0.5, 0.6) is 0 Å². The van der Waals surface area contributed by atoms with E-state index in [1.165, 1.54) is 12.5 Å². The summed E-state index contributed by atoms with van der Waals surface area (Å²) < 4.78 is 5.14. The fourth-order valence-corrected chi connectivity index (χ4v) is 1.17. The normalized spacial score (nSPS) is 10.3. The molecule has 0 radical (unpaired) electrons. The fraction of sp³-hybridized carbons (Fsp3) is 0.500. The minimum Gasteiger partial charge on any atom is -0.478 e. The molecular weight excluding hydrogens is 210 g/mol. The van der Waals surface area contributed by atoms with Crippen LogP contribution in [0, 0.1) is 0 Å². The summed E-state index contributed by atoms with van der Waals surface area (Å²) in [6, 6.07) is 0. The molecule has 88 valence electrons. The number of nitrogens with one attached hydrogen (secondary N) is 1. The number of carboxylic acid groups (broad SMARTS) is 1. The maximum Gasteiger partial charge on any atom is 0.339 e. The highest BCUT2D eigenvalue weighted by atomic mass is 16.5. The summed E-state index contributed by atoms with van der Waals surface area (Å²) in [5, 5.41) is 11.9. The molecule has 16 heavy (non-hydrogen) atoms. The summed E-state index contributed by atoms with van der Waals surface area (Å²) in [7, 11) is 0. The van der Waals surface area contributed by atoms with E-state index < -0.39 is 5.97 Å². The van der Waals surface area contributed by atoms with E-state index in [2.05, 4.69) is 15.3 Å². The Bertz CT molecular complexity index is 344. The van der Waals surface area contributed by atoms with Gasteiger partial charge >= 0.3 is 5.97 Å². The number of carboxylic acids is 1. The Balaban J connectivity index is 2.44. The third-order valence-electron chi connectivity index (χ3n) is 1.94. The van der Waals surface area contributed by atoms with Crippen LogP contribution < -0.4 is 5.32 Å². The standard InChI is InChI=1S/C10H15N3O3/c1-2-16-4-3-11-6-9-8(10(14)15)5-12-7-13-9/h5,7,11H,2-4,6H2,1H3,(H,14,15). The third kappa shape index (κ3) is 3.92. The highest BCUT2D eigenvalue weighted by Gasteiger charge is 2.10. The molecule has 6 nitrogen and oxygen atoms in total. The van der Waals surface area contributed by atoms with Crippen LogP contribution in [0.4, 0.5) is 0 Å². The average Bonchev–Trinajstić information content (AvgIpc) is 2.29. The Morgan fingerprint density at radius 3 is 3.12 bits per heavy atom. The smallest absolute Gasteiger partial charge is 0.339 e. The maximum atomic E-state index is 10.8. The molecule has 0 spiro atoms. The number of carbonyl (C=O) groups is 1. The topological polar surface area (TPSA) is 84.3 Å². The van der Waals surface area contributed by atoms with Gasteiger partial charge in [0.1, 0.15) is 11.9 Å². The third-order valence-corrected chi connectivity index (χ3v) is 1.94. The molecule has 0 saturated carbocycles. The van der Waals surface area contributed by atoms with Gasteiger partial charge < -0.3 is 15.2 Å². The monoisotopic (exact) mass is 225 g/mol. The molecule has 1 aromatic rings. The van der Waals surface area contributed by atoms with Gasteiger partial charge in [-0.25, -0.2) is 14.8 Å². The van der Waals surface area contributed by atoms with Crippen LogP contribution in [0.3, 0.4) is 0 Å². The first-order valence-electron chi connectivity index (χ1n) is 5.06. The van der Waals surface area contributed by atoms with Crippen molar-refractivity contribution < 1.29 is 14.6 Å². The van der Waals surface area contributed by atoms with E-state index in [0.29, 0.717) is 32.0 Å². The van der Waals surface area contributed by atoms with Crippen LogP contribution in [-0.4, -0.2) is 40.8 Å². The first kappa shape index (κ1) is 12.5. The summed E-state index contributed by atoms with van der Waals surface area (Å²) in [6.07, 6.45) is 2.64. The molecule has 0 unspecified atom stereocenters. The van der Waals surface area contributed by atoms with Crippen molar-refractivity contribution in [2.75, 3.05) is 19.8 Å². The van der Waals surface area contributed by atoms with Crippen LogP contribution in [0.25, 0.3) is 0 Å². The molecule has 0 fully saturated rings. The largest absolute Gasteiger partial charge is 0.478 e. The zero-order valence-corrected chi connectivity index (χ0v) is 9.14. The van der Waals surface area contributed by atoms with E-state index in [9.17, 15) is 4.79 Å². The maximum absolute atomic E-state index is 10.8. The summed E-state index contributed by atoms with van der Waals surface area (Å²) in [5.74, 6) is -1.01. The molecule has 0 aliphatic carbocycles. The van der Waals surface area contributed by atoms with Crippen LogP contribution in [0.1, 0.15) is 23.0 Å². The molecule has 1 aromatic heterocycles. The van der Waals surface area contributed by atoms with Crippen molar-refractivity contribution in [1.29, 1.82) is 0 Å². The first-order chi connectivity index (χ1) is 7.75. The highest BCUT2D eigenvalue weighted by molar-refractivity contribution is 5.88. The van der Waals surface area contributed by atoms with E-state index in [4.69, 9.17) is 9.84 Å². The Morgan fingerprint density at radius 1 is 1.62 bits per heavy atom. The van der Waals surface area contributed by atoms with Crippen molar-refractivity contribution in [3.63, 3.8) is 0 Å². The van der Waals surface area contributed by atoms with Crippen molar-refractivity contribution in [3.8, 4) is 0 Å². The summed E-state index contributed by atoms with van der Waals surface area (Å²) in [6.45, 7) is 4.26. The van der Waals surface area contributed by atoms with Crippen LogP contribution in [0.15, 0.2) is 12.5 Å². The molecule has 1 rings (SSSR count). The quantitative estimate of drug-likeness (QED) is 0.649. The van der Waals surface area contributed by atoms with E-state index >= 15 is 0 Å². The highest BCUT2D eigenvalue weighted by Crippen LogP contribution is 2.02. The molecule has 0 aliphatic rings. The molecule has 0 amide bonds. The minimum absolute atomic E-state index is 0.131. The molecule has 0 aliphatic heterocycles. The number of aromatic carboxylic acids is 1. The Labute approximate surface area is 93.7 Å². The summed E-state index contributed by atoms with van der Waals surface area (Å²) >= 11 is 0. The molecule has 1 heterocycles. The van der Waals surface area contributed by atoms with Gasteiger partial charge in [0.2, 0.25) is 0 Å². The zero-order valence-electron chi connectivity index (χ0n) is 9.14. The lowest BCUT2D eigenvalue weighted by atomic mass is 10.2. The molecule has 0 atom stereocenters. The molecule has 0 bridgehead atoms. The molecule has 0 aromatic carbocycles. The Hall–Kier alpha value is -1.53. The van der Waals surface area contributed by atoms with Crippen molar-refractivity contribution in [2.24, 2.45) is 0 Å². The van der Waals surface area contributed by atoms with Gasteiger partial charge in [-0.2, -0.15) is 0 Å². The van der Waals surface area contributed by atoms with Gasteiger partial charge in [-0.15, -0.1) is 0 Å². The van der Waals surface area contributed by atoms with Gasteiger partial charge in [-0.1, -0.05) is 0 Å². The van der Waals surface area contributed by atoms with E-state index in [1.54, 1.807) is 0 Å². The Kier molecular flexibility index (Phi) is 5.38. The number of aromatic nitrogens is 2. The Morgan fingerprint density at radius 2 is 2.44 bits per heavy atom. The average molecular weight is 225 g/mol. The summed E-state index contributed by atoms with van der Waals surface area (Å²) in [4.78, 5) is 18.4. The van der Waals surface area contributed by atoms with Crippen LogP contribution >= 0.6 is 0 Å². The van der Waals surface area contributed by atoms with Crippen molar-refractivity contribution in [3.05, 3.63) is 23.8 Å². The van der Waals surface area contributed by atoms with Crippen LogP contribution in [0.2, 0.25) is 0 Å². The van der Waals surface area contributed by atoms with Gasteiger partial charge in [0.15, 0.2) is 0 Å². The molecule has 2 N–H and O–H groups in total. The number of nitrogens with zero attached hydrogens (tertiary/aromatic N) is 2. The number of ether oxygens (including phenoxy) is 1. The van der Waals surface area contributed by atoms with Gasteiger partial charge in [-0.3, -0.25) is 0 Å². The first-order valence-corrected chi connectivity index (χ1v) is 5.06. The fourth-order valence-electron chi connectivity index (χ4n) is 1.17.